The van der Waals surface area contributed by atoms with Gasteiger partial charge < -0.3 is 15.0 Å². The molecule has 1 aliphatic heterocycles. The summed E-state index contributed by atoms with van der Waals surface area (Å²) in [5.74, 6) is 0.372. The number of anilines is 2. The summed E-state index contributed by atoms with van der Waals surface area (Å²) in [6, 6.07) is 11.4. The molecule has 0 saturated carbocycles. The molecule has 0 radical (unpaired) electrons. The predicted octanol–water partition coefficient (Wildman–Crippen LogP) is 4.45. The fourth-order valence-electron chi connectivity index (χ4n) is 3.15. The second kappa shape index (κ2) is 9.26. The molecule has 1 heterocycles. The number of amides is 1. The van der Waals surface area contributed by atoms with E-state index in [1.54, 1.807) is 0 Å². The molecule has 28 heavy (non-hydrogen) atoms. The van der Waals surface area contributed by atoms with Crippen molar-refractivity contribution < 1.29 is 9.53 Å². The number of benzene rings is 2. The highest BCUT2D eigenvalue weighted by Crippen LogP contribution is 2.31. The van der Waals surface area contributed by atoms with Gasteiger partial charge in [0.25, 0.3) is 5.91 Å². The van der Waals surface area contributed by atoms with Gasteiger partial charge in [0.2, 0.25) is 0 Å². The number of hydrogen-bond donors (Lipinski definition) is 2. The Morgan fingerprint density at radius 3 is 2.68 bits per heavy atom. The van der Waals surface area contributed by atoms with Crippen molar-refractivity contribution in [3.8, 4) is 5.75 Å². The lowest BCUT2D eigenvalue weighted by molar-refractivity contribution is -0.121. The first-order chi connectivity index (χ1) is 13.4. The van der Waals surface area contributed by atoms with Crippen LogP contribution in [0.3, 0.4) is 0 Å². The van der Waals surface area contributed by atoms with Crippen LogP contribution in [-0.2, 0) is 4.79 Å². The molecule has 148 valence electrons. The summed E-state index contributed by atoms with van der Waals surface area (Å²) in [4.78, 5) is 14.4. The Labute approximate surface area is 176 Å². The van der Waals surface area contributed by atoms with Crippen LogP contribution in [-0.4, -0.2) is 30.7 Å². The molecule has 0 atom stereocenters. The molecule has 0 aliphatic carbocycles. The second-order valence-corrected chi connectivity index (χ2v) is 7.66. The average Bonchev–Trinajstić information content (AvgIpc) is 3.17. The molecule has 0 aromatic heterocycles. The molecule has 1 amide bonds. The van der Waals surface area contributed by atoms with E-state index in [4.69, 9.17) is 28.6 Å². The summed E-state index contributed by atoms with van der Waals surface area (Å²) in [5, 5.41) is 6.49. The Hall–Kier alpha value is -2.31. The van der Waals surface area contributed by atoms with Crippen molar-refractivity contribution in [2.75, 3.05) is 29.9 Å². The highest BCUT2D eigenvalue weighted by molar-refractivity contribution is 7.80. The van der Waals surface area contributed by atoms with Crippen molar-refractivity contribution in [3.63, 3.8) is 0 Å². The normalized spacial score (nSPS) is 13.3. The molecule has 0 spiro atoms. The quantitative estimate of drug-likeness (QED) is 0.704. The van der Waals surface area contributed by atoms with Crippen molar-refractivity contribution in [1.82, 2.24) is 5.32 Å². The second-order valence-electron chi connectivity index (χ2n) is 6.85. The standard InChI is InChI=1S/C21H24ClN3O2S/c1-14-6-5-7-19(15(14)2)27-13-20(26)24-21(28)23-16-8-9-18(17(22)12-16)25-10-3-4-11-25/h5-9,12H,3-4,10-11,13H2,1-2H3,(H2,23,24,26,28). The van der Waals surface area contributed by atoms with Crippen molar-refractivity contribution >= 4 is 46.2 Å². The monoisotopic (exact) mass is 417 g/mol. The molecule has 0 unspecified atom stereocenters. The number of thiocarbonyl (C=S) groups is 1. The first-order valence-electron chi connectivity index (χ1n) is 9.28. The Kier molecular flexibility index (Phi) is 6.75. The van der Waals surface area contributed by atoms with Crippen molar-refractivity contribution in [2.45, 2.75) is 26.7 Å². The van der Waals surface area contributed by atoms with E-state index in [1.807, 2.05) is 50.2 Å². The maximum atomic E-state index is 12.1. The highest BCUT2D eigenvalue weighted by Gasteiger charge is 2.15. The fraction of sp³-hybridized carbons (Fsp3) is 0.333. The molecule has 2 aromatic carbocycles. The minimum absolute atomic E-state index is 0.110. The van der Waals surface area contributed by atoms with E-state index >= 15 is 0 Å². The van der Waals surface area contributed by atoms with Crippen LogP contribution < -0.4 is 20.3 Å². The van der Waals surface area contributed by atoms with Gasteiger partial charge in [-0.15, -0.1) is 0 Å². The molecule has 7 heteroatoms. The SMILES string of the molecule is Cc1cccc(OCC(=O)NC(=S)Nc2ccc(N3CCCC3)c(Cl)c2)c1C. The first kappa shape index (κ1) is 20.4. The predicted molar refractivity (Wildman–Crippen MR) is 119 cm³/mol. The summed E-state index contributed by atoms with van der Waals surface area (Å²) in [5.41, 5.74) is 3.89. The number of aryl methyl sites for hydroxylation is 1. The fourth-order valence-corrected chi connectivity index (χ4v) is 3.68. The van der Waals surface area contributed by atoms with Crippen LogP contribution >= 0.6 is 23.8 Å². The van der Waals surface area contributed by atoms with Crippen LogP contribution in [0.1, 0.15) is 24.0 Å². The van der Waals surface area contributed by atoms with Crippen LogP contribution in [0.15, 0.2) is 36.4 Å². The highest BCUT2D eigenvalue weighted by atomic mass is 35.5. The van der Waals surface area contributed by atoms with Gasteiger partial charge in [-0.1, -0.05) is 23.7 Å². The van der Waals surface area contributed by atoms with Gasteiger partial charge in [-0.05, 0) is 74.3 Å². The zero-order chi connectivity index (χ0) is 20.1. The van der Waals surface area contributed by atoms with Gasteiger partial charge in [0, 0.05) is 18.8 Å². The molecular weight excluding hydrogens is 394 g/mol. The lowest BCUT2D eigenvalue weighted by Gasteiger charge is -2.20. The number of ether oxygens (including phenoxy) is 1. The number of hydrogen-bond acceptors (Lipinski definition) is 4. The van der Waals surface area contributed by atoms with Crippen molar-refractivity contribution in [2.24, 2.45) is 0 Å². The number of carbonyl (C=O) groups is 1. The summed E-state index contributed by atoms with van der Waals surface area (Å²) in [7, 11) is 0. The van der Waals surface area contributed by atoms with Crippen LogP contribution in [0.2, 0.25) is 5.02 Å². The lowest BCUT2D eigenvalue weighted by Crippen LogP contribution is -2.37. The van der Waals surface area contributed by atoms with Gasteiger partial charge in [0.05, 0.1) is 10.7 Å². The maximum absolute atomic E-state index is 12.1. The van der Waals surface area contributed by atoms with Gasteiger partial charge >= 0.3 is 0 Å². The van der Waals surface area contributed by atoms with Crippen molar-refractivity contribution in [1.29, 1.82) is 0 Å². The van der Waals surface area contributed by atoms with E-state index < -0.39 is 0 Å². The van der Waals surface area contributed by atoms with Crippen LogP contribution in [0.4, 0.5) is 11.4 Å². The molecule has 2 aromatic rings. The maximum Gasteiger partial charge on any atom is 0.264 e. The molecule has 1 saturated heterocycles. The van der Waals surface area contributed by atoms with Gasteiger partial charge in [0.15, 0.2) is 11.7 Å². The molecule has 1 fully saturated rings. The van der Waals surface area contributed by atoms with E-state index in [1.165, 1.54) is 12.8 Å². The first-order valence-corrected chi connectivity index (χ1v) is 10.1. The third-order valence-corrected chi connectivity index (χ3v) is 5.33. The van der Waals surface area contributed by atoms with Gasteiger partial charge in [-0.2, -0.15) is 0 Å². The number of nitrogens with one attached hydrogen (secondary N) is 2. The lowest BCUT2D eigenvalue weighted by atomic mass is 10.1. The van der Waals surface area contributed by atoms with Crippen molar-refractivity contribution in [3.05, 3.63) is 52.5 Å². The smallest absolute Gasteiger partial charge is 0.264 e. The minimum atomic E-state index is -0.321. The van der Waals surface area contributed by atoms with Crippen LogP contribution in [0.5, 0.6) is 5.75 Å². The Balaban J connectivity index is 1.51. The van der Waals surface area contributed by atoms with E-state index in [0.29, 0.717) is 10.8 Å². The number of carbonyl (C=O) groups excluding carboxylic acids is 1. The molecule has 2 N–H and O–H groups in total. The summed E-state index contributed by atoms with van der Waals surface area (Å²) >= 11 is 11.6. The average molecular weight is 418 g/mol. The molecule has 1 aliphatic rings. The molecule has 3 rings (SSSR count). The number of rotatable bonds is 5. The third-order valence-electron chi connectivity index (χ3n) is 4.82. The summed E-state index contributed by atoms with van der Waals surface area (Å²) in [6.45, 7) is 5.91. The van der Waals surface area contributed by atoms with E-state index in [-0.39, 0.29) is 17.6 Å². The molecular formula is C21H24ClN3O2S. The van der Waals surface area contributed by atoms with Crippen LogP contribution in [0.25, 0.3) is 0 Å². The zero-order valence-corrected chi connectivity index (χ0v) is 17.6. The van der Waals surface area contributed by atoms with E-state index in [2.05, 4.69) is 15.5 Å². The van der Waals surface area contributed by atoms with E-state index in [0.717, 1.165) is 35.6 Å². The largest absolute Gasteiger partial charge is 0.483 e. The topological polar surface area (TPSA) is 53.6 Å². The Morgan fingerprint density at radius 2 is 1.96 bits per heavy atom. The third kappa shape index (κ3) is 5.14. The zero-order valence-electron chi connectivity index (χ0n) is 16.0. The van der Waals surface area contributed by atoms with Gasteiger partial charge in [-0.3, -0.25) is 10.1 Å². The van der Waals surface area contributed by atoms with Gasteiger partial charge in [-0.25, -0.2) is 0 Å². The summed E-state index contributed by atoms with van der Waals surface area (Å²) < 4.78 is 5.60. The summed E-state index contributed by atoms with van der Waals surface area (Å²) in [6.07, 6.45) is 2.38. The number of nitrogens with zero attached hydrogens (tertiary/aromatic N) is 1. The Bertz CT molecular complexity index is 882. The Morgan fingerprint density at radius 1 is 1.21 bits per heavy atom. The number of halogens is 1. The molecule has 0 bridgehead atoms. The van der Waals surface area contributed by atoms with Gasteiger partial charge in [0.1, 0.15) is 5.75 Å². The molecule has 5 nitrogen and oxygen atoms in total. The van der Waals surface area contributed by atoms with E-state index in [9.17, 15) is 4.79 Å². The minimum Gasteiger partial charge on any atom is -0.483 e. The van der Waals surface area contributed by atoms with Crippen LogP contribution in [0, 0.1) is 13.8 Å².